The maximum absolute atomic E-state index is 2.34. The SMILES string of the molecule is CC(C)(C)C([P-]c1ccccc1)C1C=CC=C1. The van der Waals surface area contributed by atoms with E-state index in [1.807, 2.05) is 0 Å². The first-order valence-electron chi connectivity index (χ1n) is 6.18. The Morgan fingerprint density at radius 3 is 2.12 bits per heavy atom. The van der Waals surface area contributed by atoms with Crippen molar-refractivity contribution in [2.24, 2.45) is 11.3 Å². The van der Waals surface area contributed by atoms with Gasteiger partial charge in [-0.15, -0.1) is 0 Å². The van der Waals surface area contributed by atoms with Gasteiger partial charge < -0.3 is 8.58 Å². The molecule has 1 unspecified atom stereocenters. The maximum Gasteiger partial charge on any atom is -0.0271 e. The summed E-state index contributed by atoms with van der Waals surface area (Å²) in [7, 11) is 1.43. The molecule has 1 aromatic rings. The number of hydrogen-bond acceptors (Lipinski definition) is 0. The molecule has 0 fully saturated rings. The largest absolute Gasteiger partial charge is 0.501 e. The molecule has 0 N–H and O–H groups in total. The molecule has 0 radical (unpaired) electrons. The molecular formula is C16H20P-. The zero-order valence-electron chi connectivity index (χ0n) is 10.8. The van der Waals surface area contributed by atoms with Crippen LogP contribution in [0.3, 0.4) is 0 Å². The van der Waals surface area contributed by atoms with Crippen LogP contribution >= 0.6 is 8.58 Å². The third-order valence-electron chi connectivity index (χ3n) is 3.07. The second-order valence-corrected chi connectivity index (χ2v) is 6.95. The Morgan fingerprint density at radius 2 is 1.59 bits per heavy atom. The average molecular weight is 243 g/mol. The molecule has 0 aromatic heterocycles. The minimum atomic E-state index is 0.321. The van der Waals surface area contributed by atoms with E-state index in [0.717, 1.165) is 0 Å². The van der Waals surface area contributed by atoms with Gasteiger partial charge in [-0.05, 0) is 5.92 Å². The lowest BCUT2D eigenvalue weighted by Gasteiger charge is -2.45. The van der Waals surface area contributed by atoms with E-state index in [1.54, 1.807) is 0 Å². The highest BCUT2D eigenvalue weighted by atomic mass is 31.1. The van der Waals surface area contributed by atoms with Gasteiger partial charge in [-0.2, -0.15) is 5.66 Å². The molecule has 0 saturated heterocycles. The zero-order valence-corrected chi connectivity index (χ0v) is 11.7. The van der Waals surface area contributed by atoms with Crippen LogP contribution in [0.1, 0.15) is 20.8 Å². The van der Waals surface area contributed by atoms with Gasteiger partial charge in [-0.1, -0.05) is 80.8 Å². The molecule has 0 spiro atoms. The van der Waals surface area contributed by atoms with Gasteiger partial charge in [0.2, 0.25) is 0 Å². The fourth-order valence-corrected chi connectivity index (χ4v) is 3.61. The van der Waals surface area contributed by atoms with Crippen LogP contribution in [0.5, 0.6) is 0 Å². The standard InChI is InChI=1S/C16H20P/c1-16(2,3)15(13-9-7-8-10-13)17-14-11-5-4-6-12-14/h4-13,15H,1-3H3/q-1. The quantitative estimate of drug-likeness (QED) is 0.689. The van der Waals surface area contributed by atoms with Gasteiger partial charge in [0.05, 0.1) is 0 Å². The first-order valence-corrected chi connectivity index (χ1v) is 7.14. The summed E-state index contributed by atoms with van der Waals surface area (Å²) >= 11 is 0. The summed E-state index contributed by atoms with van der Waals surface area (Å²) in [4.78, 5) is 0. The van der Waals surface area contributed by atoms with Crippen LogP contribution in [-0.2, 0) is 0 Å². The molecule has 0 aliphatic heterocycles. The number of benzene rings is 1. The predicted molar refractivity (Wildman–Crippen MR) is 78.0 cm³/mol. The summed E-state index contributed by atoms with van der Waals surface area (Å²) in [6, 6.07) is 10.8. The van der Waals surface area contributed by atoms with Gasteiger partial charge in [0, 0.05) is 0 Å². The van der Waals surface area contributed by atoms with Crippen LogP contribution in [0.15, 0.2) is 54.6 Å². The number of rotatable bonds is 3. The topological polar surface area (TPSA) is 0 Å². The summed E-state index contributed by atoms with van der Waals surface area (Å²) in [6.07, 6.45) is 8.99. The van der Waals surface area contributed by atoms with Gasteiger partial charge in [-0.25, -0.2) is 5.30 Å². The molecule has 0 saturated carbocycles. The first kappa shape index (κ1) is 12.6. The van der Waals surface area contributed by atoms with Gasteiger partial charge in [-0.3, -0.25) is 0 Å². The van der Waals surface area contributed by atoms with Crippen molar-refractivity contribution in [2.75, 3.05) is 0 Å². The van der Waals surface area contributed by atoms with Crippen molar-refractivity contribution in [3.63, 3.8) is 0 Å². The molecule has 2 rings (SSSR count). The van der Waals surface area contributed by atoms with Gasteiger partial charge in [0.15, 0.2) is 0 Å². The van der Waals surface area contributed by atoms with Crippen molar-refractivity contribution in [3.05, 3.63) is 54.6 Å². The van der Waals surface area contributed by atoms with Gasteiger partial charge >= 0.3 is 0 Å². The van der Waals surface area contributed by atoms with Crippen molar-refractivity contribution < 1.29 is 0 Å². The minimum Gasteiger partial charge on any atom is -0.501 e. The number of allylic oxidation sites excluding steroid dienone is 4. The van der Waals surface area contributed by atoms with Crippen LogP contribution in [-0.4, -0.2) is 5.66 Å². The molecule has 90 valence electrons. The molecule has 0 heterocycles. The lowest BCUT2D eigenvalue weighted by Crippen LogP contribution is -2.29. The molecule has 1 aliphatic rings. The van der Waals surface area contributed by atoms with Crippen molar-refractivity contribution in [3.8, 4) is 0 Å². The lowest BCUT2D eigenvalue weighted by atomic mass is 9.84. The highest BCUT2D eigenvalue weighted by Gasteiger charge is 2.22. The highest BCUT2D eigenvalue weighted by Crippen LogP contribution is 2.41. The molecule has 1 aromatic carbocycles. The van der Waals surface area contributed by atoms with E-state index in [2.05, 4.69) is 75.4 Å². The Balaban J connectivity index is 2.17. The monoisotopic (exact) mass is 243 g/mol. The normalized spacial score (nSPS) is 18.3. The van der Waals surface area contributed by atoms with Crippen molar-refractivity contribution >= 4 is 13.9 Å². The maximum atomic E-state index is 2.34. The van der Waals surface area contributed by atoms with E-state index >= 15 is 0 Å². The van der Waals surface area contributed by atoms with Gasteiger partial charge in [0.1, 0.15) is 0 Å². The van der Waals surface area contributed by atoms with E-state index in [0.29, 0.717) is 17.0 Å². The molecule has 17 heavy (non-hydrogen) atoms. The second-order valence-electron chi connectivity index (χ2n) is 5.62. The first-order chi connectivity index (χ1) is 8.07. The minimum absolute atomic E-state index is 0.321. The number of hydrogen-bond donors (Lipinski definition) is 0. The zero-order chi connectivity index (χ0) is 12.3. The molecular weight excluding hydrogens is 223 g/mol. The smallest absolute Gasteiger partial charge is 0.0271 e. The molecule has 1 aliphatic carbocycles. The molecule has 0 amide bonds. The van der Waals surface area contributed by atoms with Crippen LogP contribution in [0.25, 0.3) is 0 Å². The average Bonchev–Trinajstić information content (AvgIpc) is 2.79. The van der Waals surface area contributed by atoms with Crippen molar-refractivity contribution in [1.29, 1.82) is 0 Å². The van der Waals surface area contributed by atoms with E-state index in [4.69, 9.17) is 0 Å². The third-order valence-corrected chi connectivity index (χ3v) is 5.07. The Labute approximate surface area is 107 Å². The van der Waals surface area contributed by atoms with Crippen molar-refractivity contribution in [1.82, 2.24) is 0 Å². The fourth-order valence-electron chi connectivity index (χ4n) is 2.19. The van der Waals surface area contributed by atoms with E-state index in [1.165, 1.54) is 13.9 Å². The van der Waals surface area contributed by atoms with Crippen LogP contribution < -0.4 is 5.30 Å². The van der Waals surface area contributed by atoms with Crippen LogP contribution in [0, 0.1) is 11.3 Å². The summed E-state index contributed by atoms with van der Waals surface area (Å²) < 4.78 is 0. The van der Waals surface area contributed by atoms with Crippen molar-refractivity contribution in [2.45, 2.75) is 26.4 Å². The van der Waals surface area contributed by atoms with Crippen LogP contribution in [0.2, 0.25) is 0 Å². The summed E-state index contributed by atoms with van der Waals surface area (Å²) in [5.41, 5.74) is 0.959. The Morgan fingerprint density at radius 1 is 1.00 bits per heavy atom. The summed E-state index contributed by atoms with van der Waals surface area (Å²) in [5, 5.41) is 1.42. The molecule has 1 heteroatoms. The molecule has 0 bridgehead atoms. The van der Waals surface area contributed by atoms with E-state index in [-0.39, 0.29) is 0 Å². The highest BCUT2D eigenvalue weighted by molar-refractivity contribution is 7.48. The van der Waals surface area contributed by atoms with Crippen LogP contribution in [0.4, 0.5) is 0 Å². The lowest BCUT2D eigenvalue weighted by molar-refractivity contribution is 0.365. The Hall–Kier alpha value is -0.870. The Bertz CT molecular complexity index is 397. The van der Waals surface area contributed by atoms with Gasteiger partial charge in [0.25, 0.3) is 0 Å². The van der Waals surface area contributed by atoms with E-state index < -0.39 is 0 Å². The molecule has 1 atom stereocenters. The summed E-state index contributed by atoms with van der Waals surface area (Å²) in [5.74, 6) is 0.580. The summed E-state index contributed by atoms with van der Waals surface area (Å²) in [6.45, 7) is 7.02. The third kappa shape index (κ3) is 3.30. The Kier molecular flexibility index (Phi) is 3.84. The predicted octanol–water partition coefficient (Wildman–Crippen LogP) is 4.42. The van der Waals surface area contributed by atoms with E-state index in [9.17, 15) is 0 Å². The molecule has 0 nitrogen and oxygen atoms in total. The fraction of sp³-hybridized carbons (Fsp3) is 0.375. The second kappa shape index (κ2) is 5.19.